The standard InChI is InChI=1S/C14H19N6O7P/c15-12-11-13(17-5-16-12)20(6-18-11)3-8-4-27-28(25,7-26-8)19-9(14(23)24)1-2-10(21)22/h5-6,8-9H,1-4,7H2,(H,19,25)(H,21,22)(H,23,24)(H2,15,16,17)/t8-,9?,28?/m0/s1. The molecule has 13 nitrogen and oxygen atoms in total. The molecule has 3 rings (SSSR count). The van der Waals surface area contributed by atoms with Crippen LogP contribution in [0.5, 0.6) is 0 Å². The maximum absolute atomic E-state index is 12.7. The van der Waals surface area contributed by atoms with E-state index in [1.54, 1.807) is 4.57 Å². The highest BCUT2D eigenvalue weighted by Gasteiger charge is 2.36. The van der Waals surface area contributed by atoms with Gasteiger partial charge in [0, 0.05) is 6.42 Å². The molecule has 0 aliphatic carbocycles. The van der Waals surface area contributed by atoms with Crippen molar-refractivity contribution in [1.29, 1.82) is 0 Å². The molecule has 0 amide bonds. The van der Waals surface area contributed by atoms with Crippen LogP contribution in [-0.4, -0.2) is 66.8 Å². The van der Waals surface area contributed by atoms with Gasteiger partial charge in [-0.15, -0.1) is 0 Å². The van der Waals surface area contributed by atoms with Crippen molar-refractivity contribution in [1.82, 2.24) is 24.6 Å². The van der Waals surface area contributed by atoms with Crippen molar-refractivity contribution in [2.75, 3.05) is 18.7 Å². The summed E-state index contributed by atoms with van der Waals surface area (Å²) in [6.45, 7) is 0.240. The monoisotopic (exact) mass is 414 g/mol. The van der Waals surface area contributed by atoms with Crippen molar-refractivity contribution in [3.63, 3.8) is 0 Å². The molecule has 2 aromatic heterocycles. The van der Waals surface area contributed by atoms with Crippen LogP contribution in [0.25, 0.3) is 11.2 Å². The molecule has 1 aliphatic rings. The number of nitrogens with zero attached hydrogens (tertiary/aromatic N) is 4. The molecule has 0 aromatic carbocycles. The van der Waals surface area contributed by atoms with Crippen molar-refractivity contribution in [2.45, 2.75) is 31.5 Å². The molecule has 0 spiro atoms. The molecule has 1 fully saturated rings. The lowest BCUT2D eigenvalue weighted by molar-refractivity contribution is -0.140. The molecule has 0 saturated carbocycles. The Kier molecular flexibility index (Phi) is 5.89. The minimum Gasteiger partial charge on any atom is -0.481 e. The Bertz CT molecular complexity index is 922. The SMILES string of the molecule is Nc1ncnc2c1ncn2C[C@H]1COP(=O)(NC(CCC(=O)O)C(=O)O)CO1. The van der Waals surface area contributed by atoms with E-state index in [-0.39, 0.29) is 31.6 Å². The predicted octanol–water partition coefficient (Wildman–Crippen LogP) is -0.118. The number of rotatable bonds is 8. The molecule has 3 atom stereocenters. The second-order valence-corrected chi connectivity index (χ2v) is 8.29. The van der Waals surface area contributed by atoms with E-state index in [9.17, 15) is 19.3 Å². The number of hydrogen-bond donors (Lipinski definition) is 4. The molecule has 0 bridgehead atoms. The summed E-state index contributed by atoms with van der Waals surface area (Å²) in [5, 5.41) is 20.3. The van der Waals surface area contributed by atoms with Crippen LogP contribution in [0, 0.1) is 0 Å². The lowest BCUT2D eigenvalue weighted by Crippen LogP contribution is -2.40. The number of nitrogens with one attached hydrogen (secondary N) is 1. The zero-order valence-electron chi connectivity index (χ0n) is 14.6. The average molecular weight is 414 g/mol. The molecule has 2 aromatic rings. The fraction of sp³-hybridized carbons (Fsp3) is 0.500. The molecule has 5 N–H and O–H groups in total. The van der Waals surface area contributed by atoms with Gasteiger partial charge in [-0.05, 0) is 6.42 Å². The highest BCUT2D eigenvalue weighted by atomic mass is 31.2. The lowest BCUT2D eigenvalue weighted by atomic mass is 10.2. The zero-order chi connectivity index (χ0) is 20.3. The number of carboxylic acids is 2. The average Bonchev–Trinajstić information content (AvgIpc) is 3.05. The van der Waals surface area contributed by atoms with Crippen LogP contribution in [0.4, 0.5) is 5.82 Å². The number of aliphatic carboxylic acids is 2. The lowest BCUT2D eigenvalue weighted by Gasteiger charge is -2.31. The zero-order valence-corrected chi connectivity index (χ0v) is 15.5. The summed E-state index contributed by atoms with van der Waals surface area (Å²) in [5.74, 6) is -2.21. The minimum absolute atomic E-state index is 0.0597. The number of nitrogen functional groups attached to an aromatic ring is 1. The van der Waals surface area contributed by atoms with E-state index in [0.717, 1.165) is 0 Å². The van der Waals surface area contributed by atoms with Crippen LogP contribution < -0.4 is 10.8 Å². The Morgan fingerprint density at radius 3 is 2.82 bits per heavy atom. The molecule has 14 heteroatoms. The predicted molar refractivity (Wildman–Crippen MR) is 94.5 cm³/mol. The van der Waals surface area contributed by atoms with Crippen molar-refractivity contribution in [3.8, 4) is 0 Å². The number of aromatic nitrogens is 4. The van der Waals surface area contributed by atoms with Crippen molar-refractivity contribution < 1.29 is 33.6 Å². The third kappa shape index (κ3) is 4.62. The molecular weight excluding hydrogens is 395 g/mol. The Morgan fingerprint density at radius 2 is 2.18 bits per heavy atom. The van der Waals surface area contributed by atoms with Crippen LogP contribution in [0.15, 0.2) is 12.7 Å². The van der Waals surface area contributed by atoms with E-state index in [2.05, 4.69) is 20.0 Å². The Labute approximate surface area is 158 Å². The number of carboxylic acid groups (broad SMARTS) is 2. The maximum Gasteiger partial charge on any atom is 0.321 e. The molecule has 28 heavy (non-hydrogen) atoms. The van der Waals surface area contributed by atoms with Crippen LogP contribution in [0.2, 0.25) is 0 Å². The van der Waals surface area contributed by atoms with Crippen LogP contribution in [0.3, 0.4) is 0 Å². The van der Waals surface area contributed by atoms with Gasteiger partial charge in [0.05, 0.1) is 19.5 Å². The fourth-order valence-corrected chi connectivity index (χ4v) is 4.42. The van der Waals surface area contributed by atoms with Gasteiger partial charge in [0.2, 0.25) is 0 Å². The summed E-state index contributed by atoms with van der Waals surface area (Å²) in [7, 11) is -3.58. The minimum atomic E-state index is -3.58. The number of anilines is 1. The highest BCUT2D eigenvalue weighted by molar-refractivity contribution is 7.56. The quantitative estimate of drug-likeness (QED) is 0.419. The number of carbonyl (C=O) groups is 2. The molecule has 1 aliphatic heterocycles. The summed E-state index contributed by atoms with van der Waals surface area (Å²) in [6, 6.07) is -1.32. The van der Waals surface area contributed by atoms with Gasteiger partial charge >= 0.3 is 11.9 Å². The van der Waals surface area contributed by atoms with E-state index in [0.29, 0.717) is 17.7 Å². The number of hydrogen-bond acceptors (Lipinski definition) is 9. The molecule has 2 unspecified atom stereocenters. The van der Waals surface area contributed by atoms with Gasteiger partial charge in [-0.1, -0.05) is 0 Å². The smallest absolute Gasteiger partial charge is 0.321 e. The molecular formula is C14H19N6O7P. The third-order valence-electron chi connectivity index (χ3n) is 4.08. The van der Waals surface area contributed by atoms with E-state index in [1.807, 2.05) is 0 Å². The second-order valence-electron chi connectivity index (χ2n) is 6.17. The van der Waals surface area contributed by atoms with Gasteiger partial charge in [-0.2, -0.15) is 0 Å². The molecule has 0 radical (unpaired) electrons. The van der Waals surface area contributed by atoms with Gasteiger partial charge in [-0.25, -0.2) is 20.0 Å². The summed E-state index contributed by atoms with van der Waals surface area (Å²) in [5.41, 5.74) is 6.71. The number of imidazole rings is 1. The number of nitrogens with two attached hydrogens (primary N) is 1. The molecule has 1 saturated heterocycles. The van der Waals surface area contributed by atoms with E-state index >= 15 is 0 Å². The van der Waals surface area contributed by atoms with E-state index < -0.39 is 31.6 Å². The second kappa shape index (κ2) is 8.19. The first-order valence-electron chi connectivity index (χ1n) is 8.26. The van der Waals surface area contributed by atoms with Gasteiger partial charge in [0.1, 0.15) is 30.3 Å². The normalized spacial score (nSPS) is 23.5. The molecule has 152 valence electrons. The maximum atomic E-state index is 12.7. The highest BCUT2D eigenvalue weighted by Crippen LogP contribution is 2.46. The first-order valence-corrected chi connectivity index (χ1v) is 10.1. The Balaban J connectivity index is 1.59. The van der Waals surface area contributed by atoms with Crippen molar-refractivity contribution >= 4 is 36.4 Å². The largest absolute Gasteiger partial charge is 0.481 e. The summed E-state index contributed by atoms with van der Waals surface area (Å²) in [6.07, 6.45) is 1.40. The summed E-state index contributed by atoms with van der Waals surface area (Å²) in [4.78, 5) is 34.0. The van der Waals surface area contributed by atoms with Crippen molar-refractivity contribution in [2.24, 2.45) is 0 Å². The summed E-state index contributed by atoms with van der Waals surface area (Å²) < 4.78 is 25.3. The van der Waals surface area contributed by atoms with Crippen LogP contribution in [-0.2, 0) is 30.0 Å². The topological polar surface area (TPSA) is 192 Å². The molecule has 3 heterocycles. The van der Waals surface area contributed by atoms with Crippen molar-refractivity contribution in [3.05, 3.63) is 12.7 Å². The Hall–Kier alpha value is -2.60. The van der Waals surface area contributed by atoms with Crippen LogP contribution >= 0.6 is 7.52 Å². The number of fused-ring (bicyclic) bond motifs is 1. The van der Waals surface area contributed by atoms with Gasteiger partial charge in [0.15, 0.2) is 11.5 Å². The van der Waals surface area contributed by atoms with E-state index in [4.69, 9.17) is 20.1 Å². The van der Waals surface area contributed by atoms with Gasteiger partial charge in [-0.3, -0.25) is 14.2 Å². The third-order valence-corrected chi connectivity index (χ3v) is 5.84. The number of ether oxygens (including phenoxy) is 1. The summed E-state index contributed by atoms with van der Waals surface area (Å²) >= 11 is 0. The van der Waals surface area contributed by atoms with Gasteiger partial charge in [0.25, 0.3) is 7.52 Å². The Morgan fingerprint density at radius 1 is 1.39 bits per heavy atom. The van der Waals surface area contributed by atoms with E-state index in [1.165, 1.54) is 12.7 Å². The van der Waals surface area contributed by atoms with Gasteiger partial charge < -0.3 is 29.8 Å². The van der Waals surface area contributed by atoms with Crippen LogP contribution in [0.1, 0.15) is 12.8 Å². The first-order chi connectivity index (χ1) is 13.3. The first kappa shape index (κ1) is 20.1. The fourth-order valence-electron chi connectivity index (χ4n) is 2.67.